The Bertz CT molecular complexity index is 1470. The second-order valence-electron chi connectivity index (χ2n) is 11.3. The topological polar surface area (TPSA) is 111 Å². The van der Waals surface area contributed by atoms with Crippen molar-refractivity contribution < 1.29 is 19.1 Å². The lowest BCUT2D eigenvalue weighted by Gasteiger charge is -2.33. The third kappa shape index (κ3) is 6.37. The molecule has 216 valence electrons. The molecule has 0 radical (unpaired) electrons. The fraction of sp³-hybridized carbons (Fsp3) is 0.433. The maximum absolute atomic E-state index is 13.4. The van der Waals surface area contributed by atoms with Gasteiger partial charge >= 0.3 is 6.09 Å². The Hall–Kier alpha value is -3.92. The Labute approximate surface area is 244 Å². The molecule has 1 fully saturated rings. The highest BCUT2D eigenvalue weighted by atomic mass is 35.5. The summed E-state index contributed by atoms with van der Waals surface area (Å²) in [6.45, 7) is 8.48. The molecule has 11 heteroatoms. The number of methoxy groups -OCH3 is 1. The van der Waals surface area contributed by atoms with Gasteiger partial charge in [-0.15, -0.1) is 10.2 Å². The van der Waals surface area contributed by atoms with Crippen LogP contribution in [0.2, 0.25) is 5.02 Å². The molecule has 2 aliphatic rings. The normalized spacial score (nSPS) is 17.2. The van der Waals surface area contributed by atoms with E-state index in [0.29, 0.717) is 54.1 Å². The maximum Gasteiger partial charge on any atom is 0.410 e. The van der Waals surface area contributed by atoms with Crippen molar-refractivity contribution in [2.45, 2.75) is 64.6 Å². The smallest absolute Gasteiger partial charge is 0.410 e. The van der Waals surface area contributed by atoms with Crippen LogP contribution < -0.4 is 10.1 Å². The van der Waals surface area contributed by atoms with E-state index in [9.17, 15) is 9.59 Å². The number of halogens is 1. The number of aromatic nitrogens is 3. The average Bonchev–Trinajstić information content (AvgIpc) is 3.25. The van der Waals surface area contributed by atoms with Crippen LogP contribution >= 0.6 is 11.6 Å². The molecule has 1 aromatic heterocycles. The minimum absolute atomic E-state index is 0.0484. The quantitative estimate of drug-likeness (QED) is 0.454. The molecule has 0 spiro atoms. The number of nitrogens with zero attached hydrogens (tertiary/aromatic N) is 5. The fourth-order valence-electron chi connectivity index (χ4n) is 5.17. The number of piperidine rings is 1. The van der Waals surface area contributed by atoms with Crippen molar-refractivity contribution in [1.82, 2.24) is 25.0 Å². The number of benzene rings is 2. The molecule has 1 saturated heterocycles. The van der Waals surface area contributed by atoms with Gasteiger partial charge < -0.3 is 19.7 Å². The minimum Gasteiger partial charge on any atom is -0.497 e. The first-order chi connectivity index (χ1) is 19.5. The van der Waals surface area contributed by atoms with E-state index in [0.717, 1.165) is 16.8 Å². The molecule has 41 heavy (non-hydrogen) atoms. The van der Waals surface area contributed by atoms with Crippen molar-refractivity contribution in [3.05, 3.63) is 70.3 Å². The van der Waals surface area contributed by atoms with Crippen molar-refractivity contribution in [2.75, 3.05) is 20.2 Å². The summed E-state index contributed by atoms with van der Waals surface area (Å²) in [6.07, 6.45) is 1.06. The van der Waals surface area contributed by atoms with Gasteiger partial charge in [-0.25, -0.2) is 4.79 Å². The third-order valence-corrected chi connectivity index (χ3v) is 7.39. The van der Waals surface area contributed by atoms with Gasteiger partial charge in [-0.05, 0) is 70.9 Å². The molecule has 1 N–H and O–H groups in total. The number of hydrogen-bond acceptors (Lipinski definition) is 7. The molecule has 2 amide bonds. The van der Waals surface area contributed by atoms with Gasteiger partial charge in [0.1, 0.15) is 23.2 Å². The summed E-state index contributed by atoms with van der Waals surface area (Å²) in [6, 6.07) is 12.6. The first-order valence-corrected chi connectivity index (χ1v) is 14.1. The maximum atomic E-state index is 13.4. The van der Waals surface area contributed by atoms with Crippen LogP contribution in [0.5, 0.6) is 5.75 Å². The first-order valence-electron chi connectivity index (χ1n) is 13.7. The number of likely N-dealkylation sites (tertiary alicyclic amines) is 1. The highest BCUT2D eigenvalue weighted by molar-refractivity contribution is 6.30. The number of carbonyl (C=O) groups is 2. The summed E-state index contributed by atoms with van der Waals surface area (Å²) in [4.78, 5) is 32.6. The lowest BCUT2D eigenvalue weighted by atomic mass is 10.00. The lowest BCUT2D eigenvalue weighted by molar-refractivity contribution is -0.122. The second-order valence-corrected chi connectivity index (χ2v) is 11.8. The predicted molar refractivity (Wildman–Crippen MR) is 156 cm³/mol. The van der Waals surface area contributed by atoms with Crippen LogP contribution in [0, 0.1) is 6.92 Å². The van der Waals surface area contributed by atoms with Crippen LogP contribution in [0.1, 0.15) is 68.9 Å². The van der Waals surface area contributed by atoms with Gasteiger partial charge in [0.15, 0.2) is 5.82 Å². The van der Waals surface area contributed by atoms with E-state index in [1.807, 2.05) is 74.7 Å². The molecule has 3 heterocycles. The van der Waals surface area contributed by atoms with Crippen LogP contribution in [0.3, 0.4) is 0 Å². The molecular weight excluding hydrogens is 544 g/mol. The number of carbonyl (C=O) groups excluding carboxylic acids is 2. The molecule has 5 rings (SSSR count). The zero-order chi connectivity index (χ0) is 29.3. The van der Waals surface area contributed by atoms with Crippen LogP contribution in [-0.2, 0) is 9.53 Å². The minimum atomic E-state index is -0.581. The summed E-state index contributed by atoms with van der Waals surface area (Å²) in [5.41, 5.74) is 2.72. The van der Waals surface area contributed by atoms with E-state index in [1.54, 1.807) is 12.0 Å². The van der Waals surface area contributed by atoms with E-state index in [4.69, 9.17) is 26.1 Å². The predicted octanol–water partition coefficient (Wildman–Crippen LogP) is 5.04. The lowest BCUT2D eigenvalue weighted by Crippen LogP contribution is -2.48. The van der Waals surface area contributed by atoms with Gasteiger partial charge in [0.25, 0.3) is 0 Å². The number of hydrogen-bond donors (Lipinski definition) is 1. The molecule has 1 atom stereocenters. The fourth-order valence-corrected chi connectivity index (χ4v) is 5.30. The van der Waals surface area contributed by atoms with Crippen LogP contribution in [0.25, 0.3) is 5.69 Å². The van der Waals surface area contributed by atoms with Crippen molar-refractivity contribution in [1.29, 1.82) is 0 Å². The summed E-state index contributed by atoms with van der Waals surface area (Å²) >= 11 is 6.19. The number of aryl methyl sites for hydroxylation is 1. The average molecular weight is 579 g/mol. The number of ether oxygens (including phenoxy) is 2. The van der Waals surface area contributed by atoms with E-state index < -0.39 is 11.6 Å². The highest BCUT2D eigenvalue weighted by Gasteiger charge is 2.32. The first kappa shape index (κ1) is 28.6. The van der Waals surface area contributed by atoms with Crippen LogP contribution in [0.15, 0.2) is 47.5 Å². The van der Waals surface area contributed by atoms with Crippen molar-refractivity contribution in [3.8, 4) is 11.4 Å². The van der Waals surface area contributed by atoms with Gasteiger partial charge in [-0.3, -0.25) is 14.4 Å². The zero-order valence-corrected chi connectivity index (χ0v) is 24.7. The zero-order valence-electron chi connectivity index (χ0n) is 24.0. The monoisotopic (exact) mass is 578 g/mol. The molecular formula is C30H35ClN6O4. The molecule has 0 bridgehead atoms. The molecule has 1 unspecified atom stereocenters. The Morgan fingerprint density at radius 1 is 1.07 bits per heavy atom. The summed E-state index contributed by atoms with van der Waals surface area (Å²) in [5.74, 6) is 1.83. The number of fused-ring (bicyclic) bond motifs is 3. The molecule has 0 aliphatic carbocycles. The van der Waals surface area contributed by atoms with Gasteiger partial charge in [-0.1, -0.05) is 23.7 Å². The van der Waals surface area contributed by atoms with Gasteiger partial charge in [0, 0.05) is 35.3 Å². The van der Waals surface area contributed by atoms with Crippen molar-refractivity contribution >= 4 is 29.3 Å². The molecule has 0 saturated carbocycles. The standard InChI is InChI=1S/C30H35ClN6O4/c1-18-34-35-28-24(17-26(38)32-21-12-14-36(15-13-21)29(39)41-30(2,3)4)33-27(19-6-8-20(31)9-7-19)23-16-22(40-5)10-11-25(23)37(18)28/h6-11,16,21,24H,12-15,17H2,1-5H3,(H,32,38). The molecule has 2 aromatic carbocycles. The Morgan fingerprint density at radius 3 is 2.44 bits per heavy atom. The van der Waals surface area contributed by atoms with Crippen molar-refractivity contribution in [2.24, 2.45) is 4.99 Å². The van der Waals surface area contributed by atoms with E-state index in [-0.39, 0.29) is 24.5 Å². The number of amides is 2. The SMILES string of the molecule is COc1ccc2c(c1)C(c1ccc(Cl)cc1)=NC(CC(=O)NC1CCN(C(=O)OC(C)(C)C)CC1)c1nnc(C)n1-2. The number of nitrogens with one attached hydrogen (secondary N) is 1. The van der Waals surface area contributed by atoms with Crippen molar-refractivity contribution in [3.63, 3.8) is 0 Å². The Balaban J connectivity index is 1.39. The van der Waals surface area contributed by atoms with Gasteiger partial charge in [0.2, 0.25) is 5.91 Å². The second kappa shape index (κ2) is 11.5. The highest BCUT2D eigenvalue weighted by Crippen LogP contribution is 2.34. The third-order valence-electron chi connectivity index (χ3n) is 7.14. The van der Waals surface area contributed by atoms with Gasteiger partial charge in [0.05, 0.1) is 24.9 Å². The van der Waals surface area contributed by atoms with Crippen LogP contribution in [-0.4, -0.2) is 69.2 Å². The van der Waals surface area contributed by atoms with E-state index in [1.165, 1.54) is 0 Å². The van der Waals surface area contributed by atoms with Gasteiger partial charge in [-0.2, -0.15) is 0 Å². The summed E-state index contributed by atoms with van der Waals surface area (Å²) < 4.78 is 13.0. The van der Waals surface area contributed by atoms with Crippen LogP contribution in [0.4, 0.5) is 4.79 Å². The molecule has 2 aliphatic heterocycles. The molecule has 3 aromatic rings. The Kier molecular flexibility index (Phi) is 8.04. The number of rotatable bonds is 5. The van der Waals surface area contributed by atoms with E-state index >= 15 is 0 Å². The summed E-state index contributed by atoms with van der Waals surface area (Å²) in [7, 11) is 1.62. The van der Waals surface area contributed by atoms with E-state index in [2.05, 4.69) is 15.5 Å². The largest absolute Gasteiger partial charge is 0.497 e. The molecule has 10 nitrogen and oxygen atoms in total. The Morgan fingerprint density at radius 2 is 1.78 bits per heavy atom. The summed E-state index contributed by atoms with van der Waals surface area (Å²) in [5, 5.41) is 12.6. The number of aliphatic imine (C=N–C) groups is 1.